The minimum absolute atomic E-state index is 0.138. The molecule has 0 aromatic heterocycles. The van der Waals surface area contributed by atoms with Crippen LogP contribution in [0.25, 0.3) is 0 Å². The van der Waals surface area contributed by atoms with Gasteiger partial charge in [0.25, 0.3) is 0 Å². The molecule has 5 nitrogen and oxygen atoms in total. The third kappa shape index (κ3) is 9.13. The summed E-state index contributed by atoms with van der Waals surface area (Å²) in [5, 5.41) is 13.3. The van der Waals surface area contributed by atoms with Crippen molar-refractivity contribution >= 4 is 17.9 Å². The van der Waals surface area contributed by atoms with Gasteiger partial charge in [0.15, 0.2) is 0 Å². The summed E-state index contributed by atoms with van der Waals surface area (Å²) in [5.41, 5.74) is 0. The molecule has 0 heterocycles. The van der Waals surface area contributed by atoms with Gasteiger partial charge in [-0.05, 0) is 33.5 Å². The molecule has 0 aliphatic carbocycles. The Kier molecular flexibility index (Phi) is 10.7. The number of nitrogens with one attached hydrogen (secondary N) is 3. The molecule has 0 rings (SSSR count). The van der Waals surface area contributed by atoms with Gasteiger partial charge in [-0.15, -0.1) is 0 Å². The Balaban J connectivity index is 4.58. The first-order chi connectivity index (χ1) is 9.15. The van der Waals surface area contributed by atoms with Crippen molar-refractivity contribution in [2.75, 3.05) is 13.6 Å². The summed E-state index contributed by atoms with van der Waals surface area (Å²) in [5.74, 6) is 1.68. The van der Waals surface area contributed by atoms with Crippen LogP contribution in [0, 0.1) is 5.41 Å². The first-order valence-corrected chi connectivity index (χ1v) is 6.82. The van der Waals surface area contributed by atoms with Crippen molar-refractivity contribution in [3.8, 4) is 0 Å². The highest BCUT2D eigenvalue weighted by molar-refractivity contribution is 6.02. The van der Waals surface area contributed by atoms with Crippen LogP contribution in [0.5, 0.6) is 0 Å². The highest BCUT2D eigenvalue weighted by Gasteiger charge is 2.07. The number of amidine groups is 2. The lowest BCUT2D eigenvalue weighted by atomic mass is 10.3. The number of likely N-dealkylation sites (N-methyl/N-ethyl adjacent to an activating group) is 1. The summed E-state index contributed by atoms with van der Waals surface area (Å²) in [6.07, 6.45) is 8.10. The maximum atomic E-state index is 6.96. The second kappa shape index (κ2) is 11.6. The van der Waals surface area contributed by atoms with E-state index in [-0.39, 0.29) is 6.04 Å². The molecule has 19 heavy (non-hydrogen) atoms. The van der Waals surface area contributed by atoms with Crippen LogP contribution in [-0.4, -0.2) is 37.5 Å². The largest absolute Gasteiger partial charge is 0.331 e. The van der Waals surface area contributed by atoms with Gasteiger partial charge in [0.05, 0.1) is 11.9 Å². The zero-order valence-electron chi connectivity index (χ0n) is 12.5. The molecule has 1 atom stereocenters. The predicted molar refractivity (Wildman–Crippen MR) is 84.5 cm³/mol. The van der Waals surface area contributed by atoms with Crippen molar-refractivity contribution in [2.45, 2.75) is 46.1 Å². The van der Waals surface area contributed by atoms with Gasteiger partial charge >= 0.3 is 0 Å². The maximum Gasteiger partial charge on any atom is 0.124 e. The minimum Gasteiger partial charge on any atom is -0.331 e. The van der Waals surface area contributed by atoms with Gasteiger partial charge in [-0.1, -0.05) is 19.4 Å². The van der Waals surface area contributed by atoms with Crippen molar-refractivity contribution in [1.82, 2.24) is 10.6 Å². The quantitative estimate of drug-likeness (QED) is 0.358. The molecule has 0 aromatic rings. The SMILES string of the molecule is CCC/C=C\N=C(NC(C)=NCCC=N)C(C)NC. The minimum atomic E-state index is 0.138. The van der Waals surface area contributed by atoms with E-state index in [1.54, 1.807) is 0 Å². The van der Waals surface area contributed by atoms with Gasteiger partial charge in [0, 0.05) is 19.2 Å². The van der Waals surface area contributed by atoms with E-state index < -0.39 is 0 Å². The lowest BCUT2D eigenvalue weighted by Gasteiger charge is -2.15. The normalized spacial score (nSPS) is 14.7. The Bertz CT molecular complexity index is 331. The number of allylic oxidation sites excluding steroid dienone is 1. The number of unbranched alkanes of at least 4 members (excludes halogenated alkanes) is 1. The monoisotopic (exact) mass is 265 g/mol. The smallest absolute Gasteiger partial charge is 0.124 e. The Morgan fingerprint density at radius 1 is 1.37 bits per heavy atom. The van der Waals surface area contributed by atoms with E-state index in [2.05, 4.69) is 33.6 Å². The van der Waals surface area contributed by atoms with E-state index in [4.69, 9.17) is 5.41 Å². The van der Waals surface area contributed by atoms with E-state index in [0.717, 1.165) is 24.5 Å². The molecule has 0 saturated heterocycles. The molecule has 0 spiro atoms. The van der Waals surface area contributed by atoms with Gasteiger partial charge in [-0.3, -0.25) is 4.99 Å². The highest BCUT2D eigenvalue weighted by Crippen LogP contribution is 1.92. The molecule has 0 aliphatic rings. The van der Waals surface area contributed by atoms with E-state index in [9.17, 15) is 0 Å². The van der Waals surface area contributed by atoms with Crippen molar-refractivity contribution in [3.63, 3.8) is 0 Å². The van der Waals surface area contributed by atoms with Crippen molar-refractivity contribution < 1.29 is 0 Å². The Morgan fingerprint density at radius 3 is 2.68 bits per heavy atom. The van der Waals surface area contributed by atoms with Crippen molar-refractivity contribution in [2.24, 2.45) is 9.98 Å². The van der Waals surface area contributed by atoms with Crippen molar-refractivity contribution in [1.29, 1.82) is 5.41 Å². The fraction of sp³-hybridized carbons (Fsp3) is 0.643. The molecular weight excluding hydrogens is 238 g/mol. The summed E-state index contributed by atoms with van der Waals surface area (Å²) in [4.78, 5) is 8.77. The van der Waals surface area contributed by atoms with Gasteiger partial charge in [0.2, 0.25) is 0 Å². The number of rotatable bonds is 8. The molecular formula is C14H27N5. The van der Waals surface area contributed by atoms with Gasteiger partial charge in [-0.2, -0.15) is 0 Å². The molecule has 0 aromatic carbocycles. The molecule has 0 saturated carbocycles. The number of aliphatic imine (C=N–C) groups is 2. The van der Waals surface area contributed by atoms with Crippen LogP contribution in [0.2, 0.25) is 0 Å². The Morgan fingerprint density at radius 2 is 2.11 bits per heavy atom. The Hall–Kier alpha value is -1.49. The first kappa shape index (κ1) is 17.5. The summed E-state index contributed by atoms with van der Waals surface area (Å²) in [6.45, 7) is 6.74. The summed E-state index contributed by atoms with van der Waals surface area (Å²) in [7, 11) is 1.90. The molecule has 0 radical (unpaired) electrons. The molecule has 5 heteroatoms. The predicted octanol–water partition coefficient (Wildman–Crippen LogP) is 2.35. The number of hydrogen-bond donors (Lipinski definition) is 3. The molecule has 0 fully saturated rings. The molecule has 0 bridgehead atoms. The summed E-state index contributed by atoms with van der Waals surface area (Å²) in [6, 6.07) is 0.138. The molecule has 3 N–H and O–H groups in total. The maximum absolute atomic E-state index is 6.96. The standard InChI is InChI=1S/C14H27N5/c1-5-6-7-10-18-14(12(2)16-4)19-13(3)17-11-8-9-15/h7,9-10,12,15-16H,5-6,8,11H2,1-4H3,(H,17,18,19)/b10-7-,15-9?. The highest BCUT2D eigenvalue weighted by atomic mass is 15.1. The first-order valence-electron chi connectivity index (χ1n) is 6.82. The molecule has 108 valence electrons. The van der Waals surface area contributed by atoms with Crippen LogP contribution in [-0.2, 0) is 0 Å². The van der Waals surface area contributed by atoms with E-state index >= 15 is 0 Å². The van der Waals surface area contributed by atoms with Crippen molar-refractivity contribution in [3.05, 3.63) is 12.3 Å². The second-order valence-electron chi connectivity index (χ2n) is 4.28. The van der Waals surface area contributed by atoms with E-state index in [1.165, 1.54) is 6.21 Å². The molecule has 1 unspecified atom stereocenters. The number of nitrogens with zero attached hydrogens (tertiary/aromatic N) is 2. The fourth-order valence-corrected chi connectivity index (χ4v) is 1.28. The van der Waals surface area contributed by atoms with Gasteiger partial charge in [-0.25, -0.2) is 4.99 Å². The molecule has 0 aliphatic heterocycles. The van der Waals surface area contributed by atoms with Crippen LogP contribution >= 0.6 is 0 Å². The van der Waals surface area contributed by atoms with Crippen LogP contribution in [0.15, 0.2) is 22.3 Å². The number of hydrogen-bond acceptors (Lipinski definition) is 4. The van der Waals surface area contributed by atoms with Crippen LogP contribution in [0.4, 0.5) is 0 Å². The van der Waals surface area contributed by atoms with E-state index in [1.807, 2.05) is 27.1 Å². The molecule has 0 amide bonds. The van der Waals surface area contributed by atoms with Crippen LogP contribution in [0.3, 0.4) is 0 Å². The zero-order valence-corrected chi connectivity index (χ0v) is 12.5. The third-order valence-corrected chi connectivity index (χ3v) is 2.55. The van der Waals surface area contributed by atoms with Gasteiger partial charge < -0.3 is 16.0 Å². The average molecular weight is 265 g/mol. The topological polar surface area (TPSA) is 72.6 Å². The summed E-state index contributed by atoms with van der Waals surface area (Å²) < 4.78 is 0. The lowest BCUT2D eigenvalue weighted by molar-refractivity contribution is 0.748. The lowest BCUT2D eigenvalue weighted by Crippen LogP contribution is -2.42. The average Bonchev–Trinajstić information content (AvgIpc) is 2.41. The second-order valence-corrected chi connectivity index (χ2v) is 4.28. The van der Waals surface area contributed by atoms with Crippen LogP contribution in [0.1, 0.15) is 40.0 Å². The summed E-state index contributed by atoms with van der Waals surface area (Å²) >= 11 is 0. The van der Waals surface area contributed by atoms with Gasteiger partial charge in [0.1, 0.15) is 5.84 Å². The fourth-order valence-electron chi connectivity index (χ4n) is 1.28. The van der Waals surface area contributed by atoms with Crippen LogP contribution < -0.4 is 10.6 Å². The Labute approximate surface area is 116 Å². The third-order valence-electron chi connectivity index (χ3n) is 2.55. The van der Waals surface area contributed by atoms with E-state index in [0.29, 0.717) is 13.0 Å². The zero-order chi connectivity index (χ0) is 14.5.